The second kappa shape index (κ2) is 7.49. The van der Waals surface area contributed by atoms with E-state index in [1.165, 1.54) is 0 Å². The summed E-state index contributed by atoms with van der Waals surface area (Å²) in [5.41, 5.74) is 1.78. The van der Waals surface area contributed by atoms with Gasteiger partial charge in [0.2, 0.25) is 5.91 Å². The summed E-state index contributed by atoms with van der Waals surface area (Å²) in [4.78, 5) is 23.2. The van der Waals surface area contributed by atoms with E-state index in [1.807, 2.05) is 38.1 Å². The molecular weight excluding hydrogens is 326 g/mol. The van der Waals surface area contributed by atoms with E-state index in [0.717, 1.165) is 11.1 Å². The van der Waals surface area contributed by atoms with E-state index in [4.69, 9.17) is 16.7 Å². The number of carbonyl (C=O) groups excluding carboxylic acids is 1. The summed E-state index contributed by atoms with van der Waals surface area (Å²) in [6.45, 7) is 3.71. The minimum Gasteiger partial charge on any atom is -0.481 e. The van der Waals surface area contributed by atoms with Crippen molar-refractivity contribution in [2.24, 2.45) is 0 Å². The first kappa shape index (κ1) is 18.0. The lowest BCUT2D eigenvalue weighted by Gasteiger charge is -2.24. The Kier molecular flexibility index (Phi) is 5.62. The second-order valence-electron chi connectivity index (χ2n) is 6.18. The van der Waals surface area contributed by atoms with Crippen LogP contribution >= 0.6 is 11.6 Å². The Morgan fingerprint density at radius 2 is 1.62 bits per heavy atom. The van der Waals surface area contributed by atoms with Gasteiger partial charge in [0.15, 0.2) is 0 Å². The van der Waals surface area contributed by atoms with Gasteiger partial charge in [-0.2, -0.15) is 0 Å². The number of carbonyl (C=O) groups is 2. The summed E-state index contributed by atoms with van der Waals surface area (Å²) in [5, 5.41) is 12.2. The first-order chi connectivity index (χ1) is 11.3. The van der Waals surface area contributed by atoms with Gasteiger partial charge >= 0.3 is 5.97 Å². The molecule has 2 aromatic carbocycles. The fraction of sp³-hybridized carbons (Fsp3) is 0.263. The highest BCUT2D eigenvalue weighted by Crippen LogP contribution is 2.26. The van der Waals surface area contributed by atoms with Crippen LogP contribution in [0.15, 0.2) is 48.5 Å². The van der Waals surface area contributed by atoms with Gasteiger partial charge in [-0.25, -0.2) is 0 Å². The van der Waals surface area contributed by atoms with Crippen molar-refractivity contribution < 1.29 is 14.7 Å². The van der Waals surface area contributed by atoms with Gasteiger partial charge in [-0.1, -0.05) is 35.9 Å². The van der Waals surface area contributed by atoms with Crippen molar-refractivity contribution in [2.75, 3.05) is 5.32 Å². The number of hydrogen-bond acceptors (Lipinski definition) is 2. The smallest absolute Gasteiger partial charge is 0.303 e. The number of hydrogen-bond donors (Lipinski definition) is 2. The monoisotopic (exact) mass is 345 g/mol. The molecule has 0 bridgehead atoms. The molecule has 5 heteroatoms. The number of rotatable bonds is 6. The first-order valence-electron chi connectivity index (χ1n) is 7.67. The van der Waals surface area contributed by atoms with Crippen molar-refractivity contribution in [3.05, 3.63) is 64.7 Å². The molecule has 0 saturated heterocycles. The summed E-state index contributed by atoms with van der Waals surface area (Å²) in [5.74, 6) is -0.944. The zero-order valence-corrected chi connectivity index (χ0v) is 14.4. The number of anilines is 1. The van der Waals surface area contributed by atoms with Crippen molar-refractivity contribution in [2.45, 2.75) is 32.1 Å². The molecule has 0 heterocycles. The molecule has 0 atom stereocenters. The molecule has 0 aromatic heterocycles. The Labute approximate surface area is 146 Å². The number of halogens is 1. The normalized spacial score (nSPS) is 11.1. The summed E-state index contributed by atoms with van der Waals surface area (Å²) in [6, 6.07) is 14.4. The summed E-state index contributed by atoms with van der Waals surface area (Å²) in [6.07, 6.45) is 0.565. The third kappa shape index (κ3) is 4.59. The van der Waals surface area contributed by atoms with Crippen LogP contribution in [0, 0.1) is 0 Å². The van der Waals surface area contributed by atoms with Gasteiger partial charge in [-0.15, -0.1) is 0 Å². The second-order valence-corrected chi connectivity index (χ2v) is 6.61. The average molecular weight is 346 g/mol. The zero-order valence-electron chi connectivity index (χ0n) is 13.7. The minimum absolute atomic E-state index is 0.0926. The molecule has 0 aliphatic rings. The van der Waals surface area contributed by atoms with Crippen LogP contribution in [-0.2, 0) is 21.4 Å². The largest absolute Gasteiger partial charge is 0.481 e. The quantitative estimate of drug-likeness (QED) is 0.821. The fourth-order valence-corrected chi connectivity index (χ4v) is 2.42. The van der Waals surface area contributed by atoms with Crippen LogP contribution in [0.5, 0.6) is 0 Å². The van der Waals surface area contributed by atoms with Crippen molar-refractivity contribution in [1.82, 2.24) is 0 Å². The molecule has 24 heavy (non-hydrogen) atoms. The Hall–Kier alpha value is -2.33. The lowest BCUT2D eigenvalue weighted by atomic mass is 9.83. The minimum atomic E-state index is -0.822. The molecule has 0 aliphatic carbocycles. The van der Waals surface area contributed by atoms with Crippen molar-refractivity contribution in [3.8, 4) is 0 Å². The molecule has 1 amide bonds. The summed E-state index contributed by atoms with van der Waals surface area (Å²) >= 11 is 5.89. The van der Waals surface area contributed by atoms with Crippen molar-refractivity contribution in [3.63, 3.8) is 0 Å². The standard InChI is InChI=1S/C19H20ClNO3/c1-19(2,14-6-8-15(20)9-7-14)18(24)21-16-10-3-13(4-11-16)5-12-17(22)23/h3-4,6-11H,5,12H2,1-2H3,(H,21,24)(H,22,23). The van der Waals surface area contributed by atoms with Crippen LogP contribution in [0.3, 0.4) is 0 Å². The number of carboxylic acid groups (broad SMARTS) is 1. The van der Waals surface area contributed by atoms with Crippen LogP contribution in [-0.4, -0.2) is 17.0 Å². The number of aryl methyl sites for hydroxylation is 1. The molecule has 0 fully saturated rings. The number of amides is 1. The number of aliphatic carboxylic acids is 1. The molecular formula is C19H20ClNO3. The van der Waals surface area contributed by atoms with Crippen LogP contribution in [0.25, 0.3) is 0 Å². The highest BCUT2D eigenvalue weighted by Gasteiger charge is 2.29. The van der Waals surface area contributed by atoms with E-state index < -0.39 is 11.4 Å². The van der Waals surface area contributed by atoms with Crippen LogP contribution in [0.1, 0.15) is 31.4 Å². The van der Waals surface area contributed by atoms with E-state index in [0.29, 0.717) is 17.1 Å². The maximum atomic E-state index is 12.6. The molecule has 2 N–H and O–H groups in total. The summed E-state index contributed by atoms with van der Waals surface area (Å²) in [7, 11) is 0. The van der Waals surface area contributed by atoms with Crippen molar-refractivity contribution in [1.29, 1.82) is 0 Å². The number of carboxylic acids is 1. The third-order valence-electron chi connectivity index (χ3n) is 3.97. The molecule has 2 aromatic rings. The summed E-state index contributed by atoms with van der Waals surface area (Å²) < 4.78 is 0. The molecule has 2 rings (SSSR count). The zero-order chi connectivity index (χ0) is 17.7. The van der Waals surface area contributed by atoms with Crippen LogP contribution < -0.4 is 5.32 Å². The Morgan fingerprint density at radius 3 is 2.17 bits per heavy atom. The van der Waals surface area contributed by atoms with E-state index in [1.54, 1.807) is 24.3 Å². The molecule has 126 valence electrons. The van der Waals surface area contributed by atoms with E-state index in [-0.39, 0.29) is 12.3 Å². The molecule has 0 saturated carbocycles. The molecule has 0 unspecified atom stereocenters. The first-order valence-corrected chi connectivity index (χ1v) is 8.05. The Morgan fingerprint density at radius 1 is 1.04 bits per heavy atom. The van der Waals surface area contributed by atoms with Gasteiger partial charge in [0.25, 0.3) is 0 Å². The van der Waals surface area contributed by atoms with E-state index in [2.05, 4.69) is 5.32 Å². The predicted octanol–water partition coefficient (Wildman–Crippen LogP) is 4.27. The van der Waals surface area contributed by atoms with E-state index >= 15 is 0 Å². The third-order valence-corrected chi connectivity index (χ3v) is 4.22. The molecule has 4 nitrogen and oxygen atoms in total. The maximum absolute atomic E-state index is 12.6. The maximum Gasteiger partial charge on any atom is 0.303 e. The molecule has 0 aliphatic heterocycles. The van der Waals surface area contributed by atoms with Gasteiger partial charge in [0.1, 0.15) is 0 Å². The average Bonchev–Trinajstić information content (AvgIpc) is 2.54. The van der Waals surface area contributed by atoms with Crippen LogP contribution in [0.4, 0.5) is 5.69 Å². The van der Waals surface area contributed by atoms with Gasteiger partial charge < -0.3 is 10.4 Å². The SMILES string of the molecule is CC(C)(C(=O)Nc1ccc(CCC(=O)O)cc1)c1ccc(Cl)cc1. The molecule has 0 radical (unpaired) electrons. The number of nitrogens with one attached hydrogen (secondary N) is 1. The Balaban J connectivity index is 2.05. The van der Waals surface area contributed by atoms with Gasteiger partial charge in [0.05, 0.1) is 5.41 Å². The topological polar surface area (TPSA) is 66.4 Å². The highest BCUT2D eigenvalue weighted by atomic mass is 35.5. The Bertz CT molecular complexity index is 721. The predicted molar refractivity (Wildman–Crippen MR) is 95.5 cm³/mol. The van der Waals surface area contributed by atoms with E-state index in [9.17, 15) is 9.59 Å². The molecule has 0 spiro atoms. The van der Waals surface area contributed by atoms with Gasteiger partial charge in [-0.05, 0) is 55.7 Å². The van der Waals surface area contributed by atoms with Gasteiger partial charge in [0, 0.05) is 17.1 Å². The number of benzene rings is 2. The van der Waals surface area contributed by atoms with Crippen LogP contribution in [0.2, 0.25) is 5.02 Å². The lowest BCUT2D eigenvalue weighted by molar-refractivity contribution is -0.137. The lowest BCUT2D eigenvalue weighted by Crippen LogP contribution is -2.34. The highest BCUT2D eigenvalue weighted by molar-refractivity contribution is 6.30. The fourth-order valence-electron chi connectivity index (χ4n) is 2.29. The van der Waals surface area contributed by atoms with Gasteiger partial charge in [-0.3, -0.25) is 9.59 Å². The van der Waals surface area contributed by atoms with Crippen molar-refractivity contribution >= 4 is 29.2 Å².